The first-order valence-corrected chi connectivity index (χ1v) is 12.9. The summed E-state index contributed by atoms with van der Waals surface area (Å²) in [5.41, 5.74) is 5.78. The van der Waals surface area contributed by atoms with E-state index < -0.39 is 0 Å². The van der Waals surface area contributed by atoms with Crippen molar-refractivity contribution in [2.24, 2.45) is 0 Å². The predicted molar refractivity (Wildman–Crippen MR) is 163 cm³/mol. The number of rotatable bonds is 0. The zero-order valence-electron chi connectivity index (χ0n) is 22.0. The van der Waals surface area contributed by atoms with Crippen LogP contribution in [0.1, 0.15) is 0 Å². The van der Waals surface area contributed by atoms with E-state index in [-0.39, 0.29) is 28.5 Å². The molecule has 0 atom stereocenters. The van der Waals surface area contributed by atoms with Crippen LogP contribution in [0.2, 0.25) is 0 Å². The van der Waals surface area contributed by atoms with Gasteiger partial charge in [0, 0.05) is 44.8 Å². The van der Waals surface area contributed by atoms with E-state index in [0.717, 1.165) is 43.8 Å². The summed E-state index contributed by atoms with van der Waals surface area (Å²) in [6.45, 7) is 0. The number of fused-ring (bicyclic) bond motifs is 20. The molecule has 0 radical (unpaired) electrons. The maximum Gasteiger partial charge on any atom is 2.00 e. The normalized spacial score (nSPS) is 11.4. The van der Waals surface area contributed by atoms with Crippen LogP contribution in [0.15, 0.2) is 97.1 Å². The summed E-state index contributed by atoms with van der Waals surface area (Å²) in [6, 6.07) is 31.8. The molecule has 0 amide bonds. The minimum Gasteiger partial charge on any atom is -0.412 e. The number of nitrogens with zero attached hydrogens (tertiary/aromatic N) is 8. The Labute approximate surface area is 254 Å². The summed E-state index contributed by atoms with van der Waals surface area (Å²) in [7, 11) is 0. The molecule has 5 heterocycles. The first-order valence-electron chi connectivity index (χ1n) is 12.9. The summed E-state index contributed by atoms with van der Waals surface area (Å²) in [5, 5.41) is 3.57. The minimum absolute atomic E-state index is 0. The molecule has 2 aliphatic heterocycles. The van der Waals surface area contributed by atoms with Crippen molar-refractivity contribution in [3.63, 3.8) is 0 Å². The summed E-state index contributed by atoms with van der Waals surface area (Å²) in [6.07, 6.45) is 0. The fraction of sp³-hybridized carbons (Fsp3) is 0. The van der Waals surface area contributed by atoms with E-state index in [2.05, 4.69) is 0 Å². The van der Waals surface area contributed by atoms with Gasteiger partial charge in [-0.15, -0.1) is 0 Å². The first kappa shape index (κ1) is 25.9. The average Bonchev–Trinajstić information content (AvgIpc) is 3.73. The SMILES string of the molecule is O.[Mg+2].c1ccc2c(c1)-c1nc-2nc2[n-]c(nc3nc(nc4[n-]c(n1)c1ccccc41)-c1ccccc1-3)c1ccccc21. The summed E-state index contributed by atoms with van der Waals surface area (Å²) in [4.78, 5) is 39.3. The molecule has 2 aliphatic rings. The van der Waals surface area contributed by atoms with E-state index in [1.807, 2.05) is 97.1 Å². The molecule has 3 aromatic heterocycles. The summed E-state index contributed by atoms with van der Waals surface area (Å²) < 4.78 is 0. The molecule has 9 nitrogen and oxygen atoms in total. The fourth-order valence-electron chi connectivity index (χ4n) is 5.46. The van der Waals surface area contributed by atoms with Crippen LogP contribution in [0, 0.1) is 0 Å². The molecule has 9 rings (SSSR count). The van der Waals surface area contributed by atoms with Crippen molar-refractivity contribution < 1.29 is 5.48 Å². The van der Waals surface area contributed by atoms with Crippen LogP contribution in [0.4, 0.5) is 0 Å². The van der Waals surface area contributed by atoms with E-state index in [1.54, 1.807) is 0 Å². The smallest absolute Gasteiger partial charge is 0.412 e. The van der Waals surface area contributed by atoms with Gasteiger partial charge in [0.1, 0.15) is 0 Å². The molecule has 0 unspecified atom stereocenters. The van der Waals surface area contributed by atoms with E-state index in [9.17, 15) is 0 Å². The van der Waals surface area contributed by atoms with Gasteiger partial charge in [-0.05, 0) is 21.5 Å². The molecule has 42 heavy (non-hydrogen) atoms. The van der Waals surface area contributed by atoms with Gasteiger partial charge in [0.25, 0.3) is 0 Å². The van der Waals surface area contributed by atoms with Gasteiger partial charge in [-0.2, -0.15) is 0 Å². The standard InChI is InChI=1S/C32H16N8.Mg.H2O/c1-2-10-18-17(9-1)25-33-26(18)38-28-21-13-5-6-14-22(21)30(35-28)40-32-24-16-8-7-15-23(24)31(36-32)39-29-20-12-4-3-11-19(20)27(34-29)37-25;;/h1-16H;;1H2/q-2;+2;. The number of hydrogen-bond donors (Lipinski definition) is 0. The van der Waals surface area contributed by atoms with Gasteiger partial charge < -0.3 is 35.4 Å². The molecule has 0 saturated heterocycles. The molecule has 10 heteroatoms. The average molecular weight is 555 g/mol. The Morgan fingerprint density at radius 1 is 0.333 bits per heavy atom. The van der Waals surface area contributed by atoms with Gasteiger partial charge >= 0.3 is 23.1 Å². The van der Waals surface area contributed by atoms with Crippen LogP contribution < -0.4 is 9.97 Å². The maximum absolute atomic E-state index is 4.95. The van der Waals surface area contributed by atoms with Crippen molar-refractivity contribution in [2.45, 2.75) is 0 Å². The third-order valence-electron chi connectivity index (χ3n) is 7.33. The van der Waals surface area contributed by atoms with Crippen molar-refractivity contribution in [3.8, 4) is 45.6 Å². The second-order valence-corrected chi connectivity index (χ2v) is 9.67. The molecule has 4 aromatic carbocycles. The molecular weight excluding hydrogens is 537 g/mol. The van der Waals surface area contributed by atoms with Crippen molar-refractivity contribution in [2.75, 3.05) is 0 Å². The van der Waals surface area contributed by atoms with Gasteiger partial charge in [-0.3, -0.25) is 0 Å². The monoisotopic (exact) mass is 554 g/mol. The molecule has 0 fully saturated rings. The van der Waals surface area contributed by atoms with Gasteiger partial charge in [0.15, 0.2) is 0 Å². The molecule has 0 saturated carbocycles. The van der Waals surface area contributed by atoms with Crippen LogP contribution in [-0.4, -0.2) is 58.4 Å². The zero-order valence-corrected chi connectivity index (χ0v) is 23.4. The molecule has 8 bridgehead atoms. The molecule has 194 valence electrons. The van der Waals surface area contributed by atoms with Crippen molar-refractivity contribution in [1.29, 1.82) is 0 Å². The molecule has 2 N–H and O–H groups in total. The van der Waals surface area contributed by atoms with E-state index in [0.29, 0.717) is 45.9 Å². The number of hydrogen-bond acceptors (Lipinski definition) is 6. The number of aromatic nitrogens is 8. The largest absolute Gasteiger partial charge is 2.00 e. The van der Waals surface area contributed by atoms with Crippen molar-refractivity contribution in [3.05, 3.63) is 97.1 Å². The Bertz CT molecular complexity index is 2040. The number of benzene rings is 4. The Balaban J connectivity index is 0.00000144. The quantitative estimate of drug-likeness (QED) is 0.241. The van der Waals surface area contributed by atoms with E-state index in [4.69, 9.17) is 39.9 Å². The fourth-order valence-corrected chi connectivity index (χ4v) is 5.46. The summed E-state index contributed by atoms with van der Waals surface area (Å²) in [5.74, 6) is 2.21. The van der Waals surface area contributed by atoms with Crippen molar-refractivity contribution >= 4 is 67.2 Å². The first-order chi connectivity index (χ1) is 19.8. The Kier molecular flexibility index (Phi) is 6.05. The Hall–Kier alpha value is -5.03. The second-order valence-electron chi connectivity index (χ2n) is 9.67. The molecule has 0 spiro atoms. The maximum atomic E-state index is 4.95. The summed E-state index contributed by atoms with van der Waals surface area (Å²) >= 11 is 0. The third kappa shape index (κ3) is 3.80. The molecule has 0 aliphatic carbocycles. The van der Waals surface area contributed by atoms with Crippen LogP contribution in [0.3, 0.4) is 0 Å². The van der Waals surface area contributed by atoms with Crippen LogP contribution in [0.5, 0.6) is 0 Å². The van der Waals surface area contributed by atoms with Crippen molar-refractivity contribution in [1.82, 2.24) is 39.9 Å². The molecule has 7 aromatic rings. The second kappa shape index (κ2) is 9.81. The topological polar surface area (TPSA) is 137 Å². The minimum atomic E-state index is 0. The zero-order chi connectivity index (χ0) is 26.2. The Morgan fingerprint density at radius 2 is 0.571 bits per heavy atom. The molecular formula is C32H18MgN8O. The van der Waals surface area contributed by atoms with E-state index in [1.165, 1.54) is 0 Å². The van der Waals surface area contributed by atoms with Gasteiger partial charge in [0.05, 0.1) is 23.3 Å². The van der Waals surface area contributed by atoms with Gasteiger partial charge in [-0.1, -0.05) is 97.1 Å². The van der Waals surface area contributed by atoms with E-state index >= 15 is 0 Å². The van der Waals surface area contributed by atoms with Gasteiger partial charge in [-0.25, -0.2) is 9.97 Å². The van der Waals surface area contributed by atoms with Crippen LogP contribution >= 0.6 is 0 Å². The van der Waals surface area contributed by atoms with Gasteiger partial charge in [0.2, 0.25) is 0 Å². The van der Waals surface area contributed by atoms with Crippen LogP contribution in [0.25, 0.3) is 89.7 Å². The predicted octanol–water partition coefficient (Wildman–Crippen LogP) is 4.92. The van der Waals surface area contributed by atoms with Crippen LogP contribution in [-0.2, 0) is 0 Å². The Morgan fingerprint density at radius 3 is 0.833 bits per heavy atom. The third-order valence-corrected chi connectivity index (χ3v) is 7.33.